The van der Waals surface area contributed by atoms with Crippen LogP contribution in [-0.4, -0.2) is 15.9 Å². The van der Waals surface area contributed by atoms with Crippen LogP contribution >= 0.6 is 0 Å². The van der Waals surface area contributed by atoms with Gasteiger partial charge in [0.1, 0.15) is 11.6 Å². The Morgan fingerprint density at radius 1 is 1.00 bits per heavy atom. The van der Waals surface area contributed by atoms with Crippen LogP contribution in [0.15, 0.2) is 67.1 Å². The molecule has 3 rings (SSSR count). The molecular weight excluding hydrogens is 295 g/mol. The summed E-state index contributed by atoms with van der Waals surface area (Å²) in [6.07, 6.45) is 4.58. The zero-order chi connectivity index (χ0) is 16.1. The van der Waals surface area contributed by atoms with Gasteiger partial charge in [0.15, 0.2) is 0 Å². The Balaban J connectivity index is 1.68. The molecule has 2 N–H and O–H groups in total. The van der Waals surface area contributed by atoms with Crippen molar-refractivity contribution in [2.45, 2.75) is 0 Å². The number of nitrogens with zero attached hydrogens (tertiary/aromatic N) is 2. The van der Waals surface area contributed by atoms with Crippen molar-refractivity contribution in [2.75, 3.05) is 10.6 Å². The predicted octanol–water partition coefficient (Wildman–Crippen LogP) is 3.61. The highest BCUT2D eigenvalue weighted by Gasteiger charge is 2.06. The van der Waals surface area contributed by atoms with E-state index in [1.165, 1.54) is 18.5 Å². The molecule has 0 saturated heterocycles. The van der Waals surface area contributed by atoms with Crippen molar-refractivity contribution in [2.24, 2.45) is 0 Å². The molecule has 2 heterocycles. The van der Waals surface area contributed by atoms with Crippen LogP contribution in [0.3, 0.4) is 0 Å². The molecule has 1 amide bonds. The lowest BCUT2D eigenvalue weighted by molar-refractivity contribution is 0.102. The largest absolute Gasteiger partial charge is 0.338 e. The molecule has 0 unspecified atom stereocenters. The van der Waals surface area contributed by atoms with Gasteiger partial charge in [0.25, 0.3) is 5.91 Å². The molecule has 1 aromatic carbocycles. The molecule has 23 heavy (non-hydrogen) atoms. The minimum Gasteiger partial charge on any atom is -0.338 e. The highest BCUT2D eigenvalue weighted by molar-refractivity contribution is 6.03. The molecule has 0 bridgehead atoms. The van der Waals surface area contributed by atoms with E-state index < -0.39 is 0 Å². The van der Waals surface area contributed by atoms with Gasteiger partial charge < -0.3 is 10.6 Å². The maximum Gasteiger partial charge on any atom is 0.257 e. The number of para-hydroxylation sites is 1. The summed E-state index contributed by atoms with van der Waals surface area (Å²) in [4.78, 5) is 20.0. The van der Waals surface area contributed by atoms with Crippen LogP contribution in [0.25, 0.3) is 0 Å². The normalized spacial score (nSPS) is 10.1. The molecule has 0 spiro atoms. The fraction of sp³-hybridized carbons (Fsp3) is 0. The van der Waals surface area contributed by atoms with Gasteiger partial charge in [-0.15, -0.1) is 0 Å². The second kappa shape index (κ2) is 6.65. The first-order chi connectivity index (χ1) is 11.2. The summed E-state index contributed by atoms with van der Waals surface area (Å²) in [7, 11) is 0. The molecule has 3 aromatic rings. The molecule has 0 aliphatic carbocycles. The lowest BCUT2D eigenvalue weighted by atomic mass is 10.2. The number of carbonyl (C=O) groups is 1. The molecule has 0 aliphatic heterocycles. The number of anilines is 3. The van der Waals surface area contributed by atoms with Gasteiger partial charge in [-0.3, -0.25) is 9.78 Å². The predicted molar refractivity (Wildman–Crippen MR) is 86.1 cm³/mol. The van der Waals surface area contributed by atoms with Gasteiger partial charge in [-0.2, -0.15) is 0 Å². The van der Waals surface area contributed by atoms with Crippen molar-refractivity contribution in [3.05, 3.63) is 78.5 Å². The Morgan fingerprint density at radius 3 is 2.57 bits per heavy atom. The van der Waals surface area contributed by atoms with Crippen molar-refractivity contribution in [3.63, 3.8) is 0 Å². The van der Waals surface area contributed by atoms with Crippen molar-refractivity contribution in [1.29, 1.82) is 0 Å². The molecule has 0 atom stereocenters. The third-order valence-electron chi connectivity index (χ3n) is 3.08. The van der Waals surface area contributed by atoms with E-state index in [1.807, 2.05) is 0 Å². The van der Waals surface area contributed by atoms with Crippen LogP contribution in [0.1, 0.15) is 10.4 Å². The number of nitrogens with one attached hydrogen (secondary N) is 2. The number of pyridine rings is 2. The minimum atomic E-state index is -0.358. The molecule has 0 aliphatic rings. The molecule has 6 heteroatoms. The number of amides is 1. The lowest BCUT2D eigenvalue weighted by Gasteiger charge is -2.08. The summed E-state index contributed by atoms with van der Waals surface area (Å²) in [6.45, 7) is 0. The first kappa shape index (κ1) is 14.6. The van der Waals surface area contributed by atoms with E-state index in [0.717, 1.165) is 0 Å². The highest BCUT2D eigenvalue weighted by atomic mass is 19.1. The van der Waals surface area contributed by atoms with E-state index in [1.54, 1.807) is 48.7 Å². The van der Waals surface area contributed by atoms with E-state index in [9.17, 15) is 9.18 Å². The van der Waals surface area contributed by atoms with E-state index in [2.05, 4.69) is 20.6 Å². The maximum atomic E-state index is 13.6. The maximum absolute atomic E-state index is 13.6. The van der Waals surface area contributed by atoms with E-state index in [-0.39, 0.29) is 11.7 Å². The summed E-state index contributed by atoms with van der Waals surface area (Å²) >= 11 is 0. The van der Waals surface area contributed by atoms with Gasteiger partial charge in [0, 0.05) is 12.4 Å². The summed E-state index contributed by atoms with van der Waals surface area (Å²) in [6, 6.07) is 13.0. The van der Waals surface area contributed by atoms with Gasteiger partial charge in [0.2, 0.25) is 0 Å². The average molecular weight is 308 g/mol. The van der Waals surface area contributed by atoms with Gasteiger partial charge in [-0.25, -0.2) is 9.37 Å². The van der Waals surface area contributed by atoms with Crippen LogP contribution in [0, 0.1) is 5.82 Å². The molecule has 2 aromatic heterocycles. The second-order valence-electron chi connectivity index (χ2n) is 4.73. The van der Waals surface area contributed by atoms with Crippen molar-refractivity contribution in [1.82, 2.24) is 9.97 Å². The number of halogens is 1. The first-order valence-corrected chi connectivity index (χ1v) is 6.91. The van der Waals surface area contributed by atoms with E-state index in [0.29, 0.717) is 22.8 Å². The monoisotopic (exact) mass is 308 g/mol. The lowest BCUT2D eigenvalue weighted by Crippen LogP contribution is -2.12. The molecule has 0 radical (unpaired) electrons. The number of hydrogen-bond acceptors (Lipinski definition) is 4. The average Bonchev–Trinajstić information content (AvgIpc) is 2.59. The van der Waals surface area contributed by atoms with E-state index in [4.69, 9.17) is 0 Å². The van der Waals surface area contributed by atoms with Gasteiger partial charge in [0.05, 0.1) is 23.1 Å². The zero-order valence-corrected chi connectivity index (χ0v) is 12.0. The van der Waals surface area contributed by atoms with Crippen LogP contribution in [0.5, 0.6) is 0 Å². The third-order valence-corrected chi connectivity index (χ3v) is 3.08. The third kappa shape index (κ3) is 3.68. The fourth-order valence-electron chi connectivity index (χ4n) is 1.94. The van der Waals surface area contributed by atoms with Crippen LogP contribution in [0.4, 0.5) is 21.6 Å². The Labute approximate surface area is 132 Å². The fourth-order valence-corrected chi connectivity index (χ4v) is 1.94. The number of benzene rings is 1. The minimum absolute atomic E-state index is 0.269. The van der Waals surface area contributed by atoms with Crippen LogP contribution in [0.2, 0.25) is 0 Å². The number of rotatable bonds is 4. The Bertz CT molecular complexity index is 806. The quantitative estimate of drug-likeness (QED) is 0.772. The highest BCUT2D eigenvalue weighted by Crippen LogP contribution is 2.19. The SMILES string of the molecule is O=C(Nc1ccc(Nc2ccccc2F)nc1)c1cccnc1. The molecular formula is C17H13FN4O. The molecule has 0 fully saturated rings. The summed E-state index contributed by atoms with van der Waals surface area (Å²) in [5.74, 6) is -0.146. The Morgan fingerprint density at radius 2 is 1.87 bits per heavy atom. The second-order valence-corrected chi connectivity index (χ2v) is 4.73. The van der Waals surface area contributed by atoms with Crippen molar-refractivity contribution >= 4 is 23.1 Å². The first-order valence-electron chi connectivity index (χ1n) is 6.91. The zero-order valence-electron chi connectivity index (χ0n) is 12.0. The van der Waals surface area contributed by atoms with Gasteiger partial charge in [-0.05, 0) is 36.4 Å². The Hall–Kier alpha value is -3.28. The molecule has 5 nitrogen and oxygen atoms in total. The number of carbonyl (C=O) groups excluding carboxylic acids is 1. The number of hydrogen-bond donors (Lipinski definition) is 2. The van der Waals surface area contributed by atoms with Crippen LogP contribution in [-0.2, 0) is 0 Å². The summed E-state index contributed by atoms with van der Waals surface area (Å²) in [5, 5.41) is 5.59. The topological polar surface area (TPSA) is 66.9 Å². The molecule has 114 valence electrons. The smallest absolute Gasteiger partial charge is 0.257 e. The van der Waals surface area contributed by atoms with Gasteiger partial charge in [-0.1, -0.05) is 12.1 Å². The standard InChI is InChI=1S/C17H13FN4O/c18-14-5-1-2-6-15(14)22-16-8-7-13(11-20-16)21-17(23)12-4-3-9-19-10-12/h1-11H,(H,20,22)(H,21,23). The summed E-state index contributed by atoms with van der Waals surface area (Å²) in [5.41, 5.74) is 1.34. The van der Waals surface area contributed by atoms with Crippen molar-refractivity contribution < 1.29 is 9.18 Å². The summed E-state index contributed by atoms with van der Waals surface area (Å²) < 4.78 is 13.6. The number of aromatic nitrogens is 2. The Kier molecular flexibility index (Phi) is 4.24. The van der Waals surface area contributed by atoms with Gasteiger partial charge >= 0.3 is 0 Å². The van der Waals surface area contributed by atoms with E-state index >= 15 is 0 Å². The van der Waals surface area contributed by atoms with Crippen molar-refractivity contribution in [3.8, 4) is 0 Å². The molecule has 0 saturated carbocycles. The van der Waals surface area contributed by atoms with Crippen LogP contribution < -0.4 is 10.6 Å².